The van der Waals surface area contributed by atoms with Crippen molar-refractivity contribution in [1.82, 2.24) is 0 Å². The summed E-state index contributed by atoms with van der Waals surface area (Å²) in [6, 6.07) is 3.84. The van der Waals surface area contributed by atoms with Crippen molar-refractivity contribution in [2.45, 2.75) is 31.3 Å². The molecule has 3 N–H and O–H groups in total. The Kier molecular flexibility index (Phi) is 3.23. The molecular formula is C11H14FN3O2. The van der Waals surface area contributed by atoms with Gasteiger partial charge >= 0.3 is 0 Å². The molecular weight excluding hydrogens is 225 g/mol. The zero-order valence-electron chi connectivity index (χ0n) is 9.23. The topological polar surface area (TPSA) is 81.2 Å². The van der Waals surface area contributed by atoms with Crippen LogP contribution in [0.25, 0.3) is 0 Å². The van der Waals surface area contributed by atoms with Crippen LogP contribution in [0.4, 0.5) is 15.8 Å². The second kappa shape index (κ2) is 4.67. The number of nitrogens with one attached hydrogen (secondary N) is 1. The number of nitro benzene ring substituents is 1. The maximum atomic E-state index is 13.2. The summed E-state index contributed by atoms with van der Waals surface area (Å²) < 4.78 is 13.2. The number of non-ortho nitro benzene ring substituents is 1. The summed E-state index contributed by atoms with van der Waals surface area (Å²) in [6.45, 7) is 0. The van der Waals surface area contributed by atoms with Gasteiger partial charge in [-0.2, -0.15) is 0 Å². The monoisotopic (exact) mass is 239 g/mol. The minimum Gasteiger partial charge on any atom is -0.382 e. The van der Waals surface area contributed by atoms with Gasteiger partial charge in [-0.1, -0.05) is 0 Å². The lowest BCUT2D eigenvalue weighted by atomic mass is 10.2. The molecule has 1 aromatic carbocycles. The van der Waals surface area contributed by atoms with E-state index in [1.54, 1.807) is 0 Å². The fraction of sp³-hybridized carbons (Fsp3) is 0.455. The van der Waals surface area contributed by atoms with E-state index in [9.17, 15) is 14.5 Å². The molecule has 0 heterocycles. The Morgan fingerprint density at radius 2 is 2.18 bits per heavy atom. The molecule has 0 saturated heterocycles. The Bertz CT molecular complexity index is 439. The fourth-order valence-corrected chi connectivity index (χ4v) is 2.15. The second-order valence-corrected chi connectivity index (χ2v) is 4.37. The number of benzene rings is 1. The van der Waals surface area contributed by atoms with Gasteiger partial charge in [-0.05, 0) is 25.3 Å². The molecule has 0 spiro atoms. The molecule has 2 rings (SSSR count). The Balaban J connectivity index is 2.12. The molecule has 1 aromatic rings. The summed E-state index contributed by atoms with van der Waals surface area (Å²) in [5.41, 5.74) is 5.96. The summed E-state index contributed by atoms with van der Waals surface area (Å²) >= 11 is 0. The van der Waals surface area contributed by atoms with Crippen LogP contribution >= 0.6 is 0 Å². The van der Waals surface area contributed by atoms with Crippen LogP contribution < -0.4 is 11.1 Å². The molecule has 1 saturated carbocycles. The first-order valence-electron chi connectivity index (χ1n) is 5.51. The van der Waals surface area contributed by atoms with Gasteiger partial charge in [-0.25, -0.2) is 4.39 Å². The molecule has 0 bridgehead atoms. The van der Waals surface area contributed by atoms with Gasteiger partial charge in [0.05, 0.1) is 11.0 Å². The Morgan fingerprint density at radius 3 is 2.76 bits per heavy atom. The number of nitrogens with zero attached hydrogens (tertiary/aromatic N) is 1. The third-order valence-electron chi connectivity index (χ3n) is 2.94. The predicted octanol–water partition coefficient (Wildman–Crippen LogP) is 2.03. The van der Waals surface area contributed by atoms with Gasteiger partial charge in [0.25, 0.3) is 5.69 Å². The van der Waals surface area contributed by atoms with E-state index in [1.165, 1.54) is 12.1 Å². The van der Waals surface area contributed by atoms with E-state index in [1.807, 2.05) is 0 Å². The maximum absolute atomic E-state index is 13.2. The molecule has 1 fully saturated rings. The van der Waals surface area contributed by atoms with Crippen molar-refractivity contribution >= 4 is 11.4 Å². The number of halogens is 1. The highest BCUT2D eigenvalue weighted by atomic mass is 19.1. The molecule has 0 aliphatic heterocycles. The molecule has 1 aliphatic carbocycles. The highest BCUT2D eigenvalue weighted by Gasteiger charge is 2.22. The van der Waals surface area contributed by atoms with Gasteiger partial charge in [-0.3, -0.25) is 10.1 Å². The quantitative estimate of drug-likeness (QED) is 0.624. The molecule has 17 heavy (non-hydrogen) atoms. The molecule has 0 radical (unpaired) electrons. The normalized spacial score (nSPS) is 23.6. The Labute approximate surface area is 98.0 Å². The fourth-order valence-electron chi connectivity index (χ4n) is 2.15. The lowest BCUT2D eigenvalue weighted by molar-refractivity contribution is -0.385. The van der Waals surface area contributed by atoms with Crippen molar-refractivity contribution in [1.29, 1.82) is 0 Å². The van der Waals surface area contributed by atoms with E-state index in [-0.39, 0.29) is 17.8 Å². The van der Waals surface area contributed by atoms with Gasteiger partial charge in [0.15, 0.2) is 0 Å². The van der Waals surface area contributed by atoms with E-state index in [2.05, 4.69) is 5.32 Å². The number of anilines is 1. The van der Waals surface area contributed by atoms with E-state index in [0.717, 1.165) is 25.3 Å². The van der Waals surface area contributed by atoms with Gasteiger partial charge in [0.1, 0.15) is 5.82 Å². The number of nitrogens with two attached hydrogens (primary N) is 1. The van der Waals surface area contributed by atoms with E-state index in [4.69, 9.17) is 5.73 Å². The van der Waals surface area contributed by atoms with Crippen LogP contribution in [0.1, 0.15) is 19.3 Å². The van der Waals surface area contributed by atoms with Gasteiger partial charge in [0, 0.05) is 23.8 Å². The van der Waals surface area contributed by atoms with Crippen LogP contribution in [0.3, 0.4) is 0 Å². The molecule has 0 aromatic heterocycles. The van der Waals surface area contributed by atoms with Gasteiger partial charge in [0.2, 0.25) is 0 Å². The number of nitro groups is 1. The van der Waals surface area contributed by atoms with Crippen molar-refractivity contribution in [3.63, 3.8) is 0 Å². The number of hydrogen-bond acceptors (Lipinski definition) is 4. The van der Waals surface area contributed by atoms with Gasteiger partial charge in [-0.15, -0.1) is 0 Å². The SMILES string of the molecule is NC1CCC(Nc2cc(F)cc([N+](=O)[O-])c2)C1. The maximum Gasteiger partial charge on any atom is 0.274 e. The minimum atomic E-state index is -0.607. The molecule has 2 unspecified atom stereocenters. The van der Waals surface area contributed by atoms with Crippen molar-refractivity contribution in [3.05, 3.63) is 34.1 Å². The van der Waals surface area contributed by atoms with Crippen LogP contribution in [-0.2, 0) is 0 Å². The van der Waals surface area contributed by atoms with Crippen LogP contribution in [-0.4, -0.2) is 17.0 Å². The number of rotatable bonds is 3. The van der Waals surface area contributed by atoms with Crippen molar-refractivity contribution in [2.24, 2.45) is 5.73 Å². The van der Waals surface area contributed by atoms with E-state index >= 15 is 0 Å². The van der Waals surface area contributed by atoms with Crippen LogP contribution in [0.2, 0.25) is 0 Å². The largest absolute Gasteiger partial charge is 0.382 e. The lowest BCUT2D eigenvalue weighted by Gasteiger charge is -2.13. The summed E-state index contributed by atoms with van der Waals surface area (Å²) in [4.78, 5) is 9.98. The third-order valence-corrected chi connectivity index (χ3v) is 2.94. The van der Waals surface area contributed by atoms with E-state index in [0.29, 0.717) is 5.69 Å². The highest BCUT2D eigenvalue weighted by molar-refractivity contribution is 5.52. The van der Waals surface area contributed by atoms with Crippen LogP contribution in [0, 0.1) is 15.9 Å². The minimum absolute atomic E-state index is 0.163. The highest BCUT2D eigenvalue weighted by Crippen LogP contribution is 2.25. The van der Waals surface area contributed by atoms with Crippen LogP contribution in [0.15, 0.2) is 18.2 Å². The smallest absolute Gasteiger partial charge is 0.274 e. The molecule has 92 valence electrons. The predicted molar refractivity (Wildman–Crippen MR) is 62.3 cm³/mol. The molecule has 0 amide bonds. The van der Waals surface area contributed by atoms with Gasteiger partial charge < -0.3 is 11.1 Å². The average Bonchev–Trinajstić information content (AvgIpc) is 2.63. The zero-order valence-corrected chi connectivity index (χ0v) is 9.23. The molecule has 2 atom stereocenters. The zero-order chi connectivity index (χ0) is 12.4. The Morgan fingerprint density at radius 1 is 1.41 bits per heavy atom. The molecule has 5 nitrogen and oxygen atoms in total. The molecule has 6 heteroatoms. The summed E-state index contributed by atoms with van der Waals surface area (Å²) in [5, 5.41) is 13.7. The standard InChI is InChI=1S/C11H14FN3O2/c12-7-3-10(6-11(4-7)15(16)17)14-9-2-1-8(13)5-9/h3-4,6,8-9,14H,1-2,5,13H2. The van der Waals surface area contributed by atoms with Crippen molar-refractivity contribution < 1.29 is 9.31 Å². The summed E-state index contributed by atoms with van der Waals surface area (Å²) in [6.07, 6.45) is 2.64. The second-order valence-electron chi connectivity index (χ2n) is 4.37. The first kappa shape index (κ1) is 11.8. The first-order valence-corrected chi connectivity index (χ1v) is 5.51. The Hall–Kier alpha value is -1.69. The lowest BCUT2D eigenvalue weighted by Crippen LogP contribution is -2.20. The molecule has 1 aliphatic rings. The number of hydrogen-bond donors (Lipinski definition) is 2. The third kappa shape index (κ3) is 2.91. The summed E-state index contributed by atoms with van der Waals surface area (Å²) in [7, 11) is 0. The summed E-state index contributed by atoms with van der Waals surface area (Å²) in [5.74, 6) is -0.607. The van der Waals surface area contributed by atoms with Crippen LogP contribution in [0.5, 0.6) is 0 Å². The van der Waals surface area contributed by atoms with Crippen molar-refractivity contribution in [3.8, 4) is 0 Å². The average molecular weight is 239 g/mol. The van der Waals surface area contributed by atoms with Crippen molar-refractivity contribution in [2.75, 3.05) is 5.32 Å². The van der Waals surface area contributed by atoms with E-state index < -0.39 is 10.7 Å². The first-order chi connectivity index (χ1) is 8.04.